The Labute approximate surface area is 141 Å². The van der Waals surface area contributed by atoms with Gasteiger partial charge in [0.2, 0.25) is 0 Å². The summed E-state index contributed by atoms with van der Waals surface area (Å²) >= 11 is 0. The van der Waals surface area contributed by atoms with Crippen molar-refractivity contribution in [3.63, 3.8) is 0 Å². The number of hydrogen-bond acceptors (Lipinski definition) is 5. The van der Waals surface area contributed by atoms with E-state index >= 15 is 0 Å². The first-order valence-electron chi connectivity index (χ1n) is 7.49. The lowest BCUT2D eigenvalue weighted by molar-refractivity contribution is 0.104. The van der Waals surface area contributed by atoms with E-state index in [1.807, 2.05) is 6.92 Å². The maximum atomic E-state index is 12.4. The molecule has 0 radical (unpaired) electrons. The fourth-order valence-corrected chi connectivity index (χ4v) is 2.20. The molecule has 0 aromatic heterocycles. The summed E-state index contributed by atoms with van der Waals surface area (Å²) in [5, 5.41) is 9.54. The Balaban J connectivity index is 2.28. The minimum atomic E-state index is -0.204. The zero-order chi connectivity index (χ0) is 17.5. The second kappa shape index (κ2) is 8.06. The van der Waals surface area contributed by atoms with Crippen LogP contribution in [-0.2, 0) is 0 Å². The van der Waals surface area contributed by atoms with Gasteiger partial charge in [0.25, 0.3) is 0 Å². The highest BCUT2D eigenvalue weighted by Gasteiger charge is 2.11. The van der Waals surface area contributed by atoms with Gasteiger partial charge >= 0.3 is 0 Å². The largest absolute Gasteiger partial charge is 0.508 e. The summed E-state index contributed by atoms with van der Waals surface area (Å²) < 4.78 is 15.8. The minimum absolute atomic E-state index is 0.110. The summed E-state index contributed by atoms with van der Waals surface area (Å²) in [6, 6.07) is 9.77. The molecule has 0 amide bonds. The average Bonchev–Trinajstić information content (AvgIpc) is 2.60. The number of benzene rings is 2. The van der Waals surface area contributed by atoms with E-state index in [9.17, 15) is 9.90 Å². The van der Waals surface area contributed by atoms with Crippen LogP contribution in [0.1, 0.15) is 22.8 Å². The third kappa shape index (κ3) is 4.07. The number of phenolic OH excluding ortho intramolecular Hbond substituents is 1. The molecule has 0 aliphatic carbocycles. The molecule has 0 spiro atoms. The van der Waals surface area contributed by atoms with Crippen LogP contribution >= 0.6 is 0 Å². The number of carbonyl (C=O) groups is 1. The van der Waals surface area contributed by atoms with Gasteiger partial charge in [0.15, 0.2) is 5.78 Å². The molecule has 2 aromatic rings. The number of carbonyl (C=O) groups excluding carboxylic acids is 1. The van der Waals surface area contributed by atoms with Crippen molar-refractivity contribution < 1.29 is 24.1 Å². The fraction of sp³-hybridized carbons (Fsp3) is 0.211. The topological polar surface area (TPSA) is 65.0 Å². The fourth-order valence-electron chi connectivity index (χ4n) is 2.20. The predicted molar refractivity (Wildman–Crippen MR) is 92.2 cm³/mol. The molecule has 0 aliphatic heterocycles. The zero-order valence-electron chi connectivity index (χ0n) is 13.9. The first kappa shape index (κ1) is 17.4. The lowest BCUT2D eigenvalue weighted by Gasteiger charge is -2.09. The number of ether oxygens (including phenoxy) is 3. The number of allylic oxidation sites excluding steroid dienone is 1. The van der Waals surface area contributed by atoms with Crippen LogP contribution < -0.4 is 14.2 Å². The first-order chi connectivity index (χ1) is 11.6. The highest BCUT2D eigenvalue weighted by molar-refractivity contribution is 6.08. The molecule has 5 nitrogen and oxygen atoms in total. The average molecular weight is 328 g/mol. The second-order valence-electron chi connectivity index (χ2n) is 4.92. The minimum Gasteiger partial charge on any atom is -0.508 e. The molecule has 24 heavy (non-hydrogen) atoms. The van der Waals surface area contributed by atoms with Crippen LogP contribution in [0.4, 0.5) is 0 Å². The van der Waals surface area contributed by atoms with Gasteiger partial charge in [0, 0.05) is 17.7 Å². The summed E-state index contributed by atoms with van der Waals surface area (Å²) in [6.07, 6.45) is 3.09. The van der Waals surface area contributed by atoms with Crippen molar-refractivity contribution in [2.45, 2.75) is 6.92 Å². The van der Waals surface area contributed by atoms with Gasteiger partial charge in [-0.2, -0.15) is 0 Å². The van der Waals surface area contributed by atoms with Crippen LogP contribution in [0.25, 0.3) is 6.08 Å². The molecule has 0 unspecified atom stereocenters. The summed E-state index contributed by atoms with van der Waals surface area (Å²) in [5.74, 6) is 1.48. The number of aromatic hydroxyl groups is 1. The SMILES string of the molecule is CCOc1cc(O)ccc1C=CC(=O)c1ccc(OC)cc1OC. The van der Waals surface area contributed by atoms with Crippen molar-refractivity contribution in [1.29, 1.82) is 0 Å². The van der Waals surface area contributed by atoms with E-state index in [-0.39, 0.29) is 11.5 Å². The Morgan fingerprint density at radius 3 is 2.54 bits per heavy atom. The Hall–Kier alpha value is -2.95. The summed E-state index contributed by atoms with van der Waals surface area (Å²) in [7, 11) is 3.05. The van der Waals surface area contributed by atoms with Gasteiger partial charge in [0.05, 0.1) is 26.4 Å². The second-order valence-corrected chi connectivity index (χ2v) is 4.92. The molecule has 2 rings (SSSR count). The molecule has 0 saturated heterocycles. The highest BCUT2D eigenvalue weighted by Crippen LogP contribution is 2.27. The molecule has 0 bridgehead atoms. The Morgan fingerprint density at radius 2 is 1.88 bits per heavy atom. The van der Waals surface area contributed by atoms with E-state index in [1.165, 1.54) is 19.3 Å². The Bertz CT molecular complexity index is 749. The van der Waals surface area contributed by atoms with Crippen molar-refractivity contribution in [2.75, 3.05) is 20.8 Å². The lowest BCUT2D eigenvalue weighted by atomic mass is 10.1. The van der Waals surface area contributed by atoms with Crippen LogP contribution in [0.3, 0.4) is 0 Å². The van der Waals surface area contributed by atoms with Crippen molar-refractivity contribution in [3.05, 3.63) is 53.6 Å². The molecule has 0 atom stereocenters. The van der Waals surface area contributed by atoms with Crippen LogP contribution in [0.2, 0.25) is 0 Å². The van der Waals surface area contributed by atoms with Crippen LogP contribution in [0, 0.1) is 0 Å². The van der Waals surface area contributed by atoms with Gasteiger partial charge in [0.1, 0.15) is 23.0 Å². The number of phenols is 1. The highest BCUT2D eigenvalue weighted by atomic mass is 16.5. The summed E-state index contributed by atoms with van der Waals surface area (Å²) in [6.45, 7) is 2.31. The number of rotatable bonds is 7. The van der Waals surface area contributed by atoms with E-state index in [0.717, 1.165) is 0 Å². The van der Waals surface area contributed by atoms with Crippen molar-refractivity contribution in [3.8, 4) is 23.0 Å². The Morgan fingerprint density at radius 1 is 1.08 bits per heavy atom. The smallest absolute Gasteiger partial charge is 0.189 e. The van der Waals surface area contributed by atoms with Crippen molar-refractivity contribution in [2.24, 2.45) is 0 Å². The molecule has 1 N–H and O–H groups in total. The number of ketones is 1. The van der Waals surface area contributed by atoms with E-state index in [4.69, 9.17) is 14.2 Å². The number of hydrogen-bond donors (Lipinski definition) is 1. The summed E-state index contributed by atoms with van der Waals surface area (Å²) in [5.41, 5.74) is 1.14. The lowest BCUT2D eigenvalue weighted by Crippen LogP contribution is -2.00. The first-order valence-corrected chi connectivity index (χ1v) is 7.49. The van der Waals surface area contributed by atoms with Crippen LogP contribution in [0.5, 0.6) is 23.0 Å². The third-order valence-corrected chi connectivity index (χ3v) is 3.39. The third-order valence-electron chi connectivity index (χ3n) is 3.39. The Kier molecular flexibility index (Phi) is 5.84. The quantitative estimate of drug-likeness (QED) is 0.620. The van der Waals surface area contributed by atoms with Gasteiger partial charge in [-0.25, -0.2) is 0 Å². The number of methoxy groups -OCH3 is 2. The van der Waals surface area contributed by atoms with Crippen molar-refractivity contribution >= 4 is 11.9 Å². The maximum absolute atomic E-state index is 12.4. The standard InChI is InChI=1S/C19H20O5/c1-4-24-18-11-14(20)7-5-13(18)6-10-17(21)16-9-8-15(22-2)12-19(16)23-3/h5-12,20H,4H2,1-3H3. The molecular weight excluding hydrogens is 308 g/mol. The maximum Gasteiger partial charge on any atom is 0.189 e. The van der Waals surface area contributed by atoms with Gasteiger partial charge in [-0.3, -0.25) is 4.79 Å². The van der Waals surface area contributed by atoms with Gasteiger partial charge < -0.3 is 19.3 Å². The van der Waals surface area contributed by atoms with E-state index < -0.39 is 0 Å². The normalized spacial score (nSPS) is 10.6. The van der Waals surface area contributed by atoms with Crippen LogP contribution in [-0.4, -0.2) is 31.7 Å². The zero-order valence-corrected chi connectivity index (χ0v) is 13.9. The molecule has 0 aliphatic rings. The molecule has 126 valence electrons. The predicted octanol–water partition coefficient (Wildman–Crippen LogP) is 3.70. The van der Waals surface area contributed by atoms with Crippen molar-refractivity contribution in [1.82, 2.24) is 0 Å². The molecular formula is C19H20O5. The van der Waals surface area contributed by atoms with E-state index in [1.54, 1.807) is 43.5 Å². The molecule has 2 aromatic carbocycles. The van der Waals surface area contributed by atoms with Gasteiger partial charge in [-0.05, 0) is 43.3 Å². The monoisotopic (exact) mass is 328 g/mol. The van der Waals surface area contributed by atoms with Gasteiger partial charge in [-0.15, -0.1) is 0 Å². The molecule has 0 fully saturated rings. The molecule has 0 heterocycles. The molecule has 0 saturated carbocycles. The van der Waals surface area contributed by atoms with Crippen LogP contribution in [0.15, 0.2) is 42.5 Å². The van der Waals surface area contributed by atoms with Gasteiger partial charge in [-0.1, -0.05) is 0 Å². The summed E-state index contributed by atoms with van der Waals surface area (Å²) in [4.78, 5) is 12.4. The molecule has 5 heteroatoms. The van der Waals surface area contributed by atoms with E-state index in [0.29, 0.717) is 35.0 Å². The van der Waals surface area contributed by atoms with E-state index in [2.05, 4.69) is 0 Å².